The Morgan fingerprint density at radius 3 is 2.72 bits per heavy atom. The van der Waals surface area contributed by atoms with Crippen molar-refractivity contribution in [2.45, 2.75) is 19.9 Å². The minimum absolute atomic E-state index is 0.215. The van der Waals surface area contributed by atoms with Crippen molar-refractivity contribution in [2.24, 2.45) is 0 Å². The van der Waals surface area contributed by atoms with Crippen LogP contribution in [0.5, 0.6) is 5.88 Å². The molecule has 0 aliphatic rings. The van der Waals surface area contributed by atoms with E-state index in [0.717, 1.165) is 5.56 Å². The van der Waals surface area contributed by atoms with E-state index in [0.29, 0.717) is 31.6 Å². The van der Waals surface area contributed by atoms with Crippen LogP contribution in [0.1, 0.15) is 35.8 Å². The molecule has 0 saturated heterocycles. The summed E-state index contributed by atoms with van der Waals surface area (Å²) in [5.74, 6) is 0.0341. The minimum atomic E-state index is -0.476. The molecule has 166 valence electrons. The fourth-order valence-electron chi connectivity index (χ4n) is 3.16. The maximum atomic E-state index is 12.0. The maximum absolute atomic E-state index is 12.0. The lowest BCUT2D eigenvalue weighted by atomic mass is 10.1. The SMILES string of the molecule is CCOC(=O)c1cnn(-c2nc(OC)c3c(n2)c(Br)nn3[C@@H](C)c2ccc(Cl)c(Cl)c2)c1. The topological polar surface area (TPSA) is 96.9 Å². The van der Waals surface area contributed by atoms with Gasteiger partial charge in [0.25, 0.3) is 5.95 Å². The number of benzene rings is 1. The first-order chi connectivity index (χ1) is 15.3. The van der Waals surface area contributed by atoms with E-state index >= 15 is 0 Å². The monoisotopic (exact) mass is 538 g/mol. The molecule has 12 heteroatoms. The third-order valence-electron chi connectivity index (χ3n) is 4.75. The Morgan fingerprint density at radius 2 is 2.03 bits per heavy atom. The fraction of sp³-hybridized carbons (Fsp3) is 0.250. The van der Waals surface area contributed by atoms with Crippen molar-refractivity contribution in [3.05, 3.63) is 56.4 Å². The summed E-state index contributed by atoms with van der Waals surface area (Å²) in [4.78, 5) is 21.0. The summed E-state index contributed by atoms with van der Waals surface area (Å²) in [6.07, 6.45) is 2.89. The number of aromatic nitrogens is 6. The largest absolute Gasteiger partial charge is 0.479 e. The van der Waals surface area contributed by atoms with Gasteiger partial charge in [-0.3, -0.25) is 0 Å². The number of esters is 1. The molecule has 0 aliphatic carbocycles. The summed E-state index contributed by atoms with van der Waals surface area (Å²) in [6.45, 7) is 3.97. The highest BCUT2D eigenvalue weighted by molar-refractivity contribution is 9.10. The third-order valence-corrected chi connectivity index (χ3v) is 6.02. The fourth-order valence-corrected chi connectivity index (χ4v) is 3.91. The second kappa shape index (κ2) is 9.05. The molecular formula is C20H17BrCl2N6O3. The maximum Gasteiger partial charge on any atom is 0.341 e. The molecule has 4 aromatic rings. The first-order valence-electron chi connectivity index (χ1n) is 9.50. The van der Waals surface area contributed by atoms with E-state index in [1.165, 1.54) is 24.2 Å². The minimum Gasteiger partial charge on any atom is -0.479 e. The second-order valence-electron chi connectivity index (χ2n) is 6.71. The van der Waals surface area contributed by atoms with Crippen LogP contribution in [0.2, 0.25) is 10.0 Å². The molecular weight excluding hydrogens is 523 g/mol. The number of hydrogen-bond acceptors (Lipinski definition) is 7. The van der Waals surface area contributed by atoms with E-state index < -0.39 is 5.97 Å². The van der Waals surface area contributed by atoms with E-state index in [-0.39, 0.29) is 24.2 Å². The number of nitrogens with zero attached hydrogens (tertiary/aromatic N) is 6. The van der Waals surface area contributed by atoms with E-state index in [2.05, 4.69) is 36.1 Å². The summed E-state index contributed by atoms with van der Waals surface area (Å²) < 4.78 is 14.2. The van der Waals surface area contributed by atoms with Gasteiger partial charge in [0.05, 0.1) is 41.6 Å². The van der Waals surface area contributed by atoms with Gasteiger partial charge in [0.2, 0.25) is 5.88 Å². The smallest absolute Gasteiger partial charge is 0.341 e. The summed E-state index contributed by atoms with van der Waals surface area (Å²) in [5.41, 5.74) is 2.29. The Balaban J connectivity index is 1.80. The molecule has 1 atom stereocenters. The quantitative estimate of drug-likeness (QED) is 0.322. The molecule has 0 N–H and O–H groups in total. The first kappa shape index (κ1) is 22.5. The van der Waals surface area contributed by atoms with Crippen LogP contribution in [-0.2, 0) is 4.74 Å². The van der Waals surface area contributed by atoms with E-state index in [9.17, 15) is 4.79 Å². The number of methoxy groups -OCH3 is 1. The van der Waals surface area contributed by atoms with Crippen LogP contribution in [0.25, 0.3) is 17.0 Å². The number of carbonyl (C=O) groups is 1. The first-order valence-corrected chi connectivity index (χ1v) is 11.1. The standard InChI is InChI=1S/C20H17BrCl2N6O3/c1-4-32-19(30)12-8-24-28(9-12)20-25-15-16(18(26-20)31-3)29(27-17(15)21)10(2)11-5-6-13(22)14(23)7-11/h5-10H,4H2,1-3H3/t10-/m0/s1. The van der Waals surface area contributed by atoms with Crippen LogP contribution in [-0.4, -0.2) is 49.2 Å². The highest BCUT2D eigenvalue weighted by atomic mass is 79.9. The van der Waals surface area contributed by atoms with E-state index in [1.54, 1.807) is 23.7 Å². The molecule has 0 saturated carbocycles. The van der Waals surface area contributed by atoms with Crippen LogP contribution in [0, 0.1) is 0 Å². The molecule has 1 aromatic carbocycles. The van der Waals surface area contributed by atoms with Crippen LogP contribution < -0.4 is 4.74 Å². The summed E-state index contributed by atoms with van der Waals surface area (Å²) >= 11 is 15.7. The van der Waals surface area contributed by atoms with Crippen molar-refractivity contribution in [1.29, 1.82) is 0 Å². The average Bonchev–Trinajstić information content (AvgIpc) is 3.40. The third kappa shape index (κ3) is 4.05. The summed E-state index contributed by atoms with van der Waals surface area (Å²) in [5, 5.41) is 9.69. The van der Waals surface area contributed by atoms with Crippen molar-refractivity contribution < 1.29 is 14.3 Å². The average molecular weight is 540 g/mol. The number of halogens is 3. The zero-order valence-corrected chi connectivity index (χ0v) is 20.3. The highest BCUT2D eigenvalue weighted by Gasteiger charge is 2.23. The molecule has 4 rings (SSSR count). The number of hydrogen-bond donors (Lipinski definition) is 0. The molecule has 3 aromatic heterocycles. The number of ether oxygens (including phenoxy) is 2. The van der Waals surface area contributed by atoms with Crippen molar-refractivity contribution in [1.82, 2.24) is 29.5 Å². The van der Waals surface area contributed by atoms with Crippen LogP contribution in [0.15, 0.2) is 35.2 Å². The molecule has 0 bridgehead atoms. The lowest BCUT2D eigenvalue weighted by Crippen LogP contribution is -2.11. The zero-order valence-electron chi connectivity index (χ0n) is 17.2. The van der Waals surface area contributed by atoms with Gasteiger partial charge in [0.1, 0.15) is 5.52 Å². The highest BCUT2D eigenvalue weighted by Crippen LogP contribution is 2.34. The van der Waals surface area contributed by atoms with E-state index in [4.69, 9.17) is 32.7 Å². The van der Waals surface area contributed by atoms with Gasteiger partial charge in [-0.1, -0.05) is 29.3 Å². The van der Waals surface area contributed by atoms with Gasteiger partial charge < -0.3 is 9.47 Å². The van der Waals surface area contributed by atoms with Crippen molar-refractivity contribution >= 4 is 56.1 Å². The summed E-state index contributed by atoms with van der Waals surface area (Å²) in [6, 6.07) is 5.18. The lowest BCUT2D eigenvalue weighted by molar-refractivity contribution is 0.0526. The van der Waals surface area contributed by atoms with E-state index in [1.807, 2.05) is 13.0 Å². The number of rotatable bonds is 6. The van der Waals surface area contributed by atoms with Crippen LogP contribution in [0.4, 0.5) is 0 Å². The lowest BCUT2D eigenvalue weighted by Gasteiger charge is -2.15. The molecule has 0 unspecified atom stereocenters. The normalized spacial score (nSPS) is 12.2. The molecule has 0 radical (unpaired) electrons. The van der Waals surface area contributed by atoms with Crippen molar-refractivity contribution in [3.8, 4) is 11.8 Å². The molecule has 32 heavy (non-hydrogen) atoms. The Hall–Kier alpha value is -2.69. The summed E-state index contributed by atoms with van der Waals surface area (Å²) in [7, 11) is 1.51. The number of carbonyl (C=O) groups excluding carboxylic acids is 1. The van der Waals surface area contributed by atoms with Crippen molar-refractivity contribution in [3.63, 3.8) is 0 Å². The van der Waals surface area contributed by atoms with Gasteiger partial charge in [-0.25, -0.2) is 19.1 Å². The van der Waals surface area contributed by atoms with Gasteiger partial charge in [-0.2, -0.15) is 15.2 Å². The Kier molecular flexibility index (Phi) is 6.36. The van der Waals surface area contributed by atoms with Gasteiger partial charge in [-0.15, -0.1) is 0 Å². The second-order valence-corrected chi connectivity index (χ2v) is 8.27. The van der Waals surface area contributed by atoms with Gasteiger partial charge >= 0.3 is 5.97 Å². The molecule has 0 spiro atoms. The Morgan fingerprint density at radius 1 is 1.25 bits per heavy atom. The predicted octanol–water partition coefficient (Wildman–Crippen LogP) is 4.88. The molecule has 0 fully saturated rings. The molecule has 9 nitrogen and oxygen atoms in total. The van der Waals surface area contributed by atoms with Crippen molar-refractivity contribution in [2.75, 3.05) is 13.7 Å². The molecule has 0 aliphatic heterocycles. The number of fused-ring (bicyclic) bond motifs is 1. The van der Waals surface area contributed by atoms with Gasteiger partial charge in [0, 0.05) is 6.20 Å². The predicted molar refractivity (Wildman–Crippen MR) is 123 cm³/mol. The molecule has 3 heterocycles. The Labute approximate surface area is 201 Å². The Bertz CT molecular complexity index is 1320. The molecule has 0 amide bonds. The van der Waals surface area contributed by atoms with Crippen LogP contribution in [0.3, 0.4) is 0 Å². The van der Waals surface area contributed by atoms with Gasteiger partial charge in [-0.05, 0) is 47.5 Å². The van der Waals surface area contributed by atoms with Gasteiger partial charge in [0.15, 0.2) is 10.1 Å². The van der Waals surface area contributed by atoms with Crippen LogP contribution >= 0.6 is 39.1 Å². The zero-order chi connectivity index (χ0) is 23.0.